The second kappa shape index (κ2) is 5.86. The van der Waals surface area contributed by atoms with Crippen LogP contribution in [0.15, 0.2) is 30.6 Å². The summed E-state index contributed by atoms with van der Waals surface area (Å²) in [5.41, 5.74) is 1.95. The van der Waals surface area contributed by atoms with Crippen LogP contribution in [-0.4, -0.2) is 47.0 Å². The van der Waals surface area contributed by atoms with E-state index in [0.29, 0.717) is 13.2 Å². The molecule has 120 valence electrons. The van der Waals surface area contributed by atoms with Gasteiger partial charge in [-0.2, -0.15) is 0 Å². The van der Waals surface area contributed by atoms with Gasteiger partial charge in [0, 0.05) is 55.6 Å². The fourth-order valence-corrected chi connectivity index (χ4v) is 3.21. The minimum atomic E-state index is -0.355. The topological polar surface area (TPSA) is 60.4 Å². The summed E-state index contributed by atoms with van der Waals surface area (Å²) in [4.78, 5) is 15.6. The van der Waals surface area contributed by atoms with E-state index in [1.807, 2.05) is 25.1 Å². The Morgan fingerprint density at radius 1 is 1.04 bits per heavy atom. The van der Waals surface area contributed by atoms with E-state index in [-0.39, 0.29) is 5.79 Å². The standard InChI is InChI=1S/C17H20N4O2/c1-13-12-15(20-16(19-13)14-2-6-18-7-3-14)21-8-4-17(5-9-21)22-10-11-23-17/h2-3,6-7,12H,4-5,8-11H2,1H3. The maximum Gasteiger partial charge on any atom is 0.171 e. The molecule has 0 amide bonds. The van der Waals surface area contributed by atoms with Gasteiger partial charge in [0.05, 0.1) is 13.2 Å². The van der Waals surface area contributed by atoms with Crippen molar-refractivity contribution in [2.75, 3.05) is 31.2 Å². The molecule has 2 saturated heterocycles. The number of nitrogens with zero attached hydrogens (tertiary/aromatic N) is 4. The van der Waals surface area contributed by atoms with Crippen molar-refractivity contribution in [3.05, 3.63) is 36.3 Å². The molecule has 1 spiro atoms. The molecule has 0 saturated carbocycles. The minimum absolute atomic E-state index is 0.355. The largest absolute Gasteiger partial charge is 0.356 e. The first kappa shape index (κ1) is 14.5. The summed E-state index contributed by atoms with van der Waals surface area (Å²) in [6, 6.07) is 5.91. The van der Waals surface area contributed by atoms with E-state index in [4.69, 9.17) is 14.5 Å². The van der Waals surface area contributed by atoms with Crippen molar-refractivity contribution in [2.45, 2.75) is 25.6 Å². The Hall–Kier alpha value is -2.05. The van der Waals surface area contributed by atoms with Gasteiger partial charge in [0.2, 0.25) is 0 Å². The molecule has 0 N–H and O–H groups in total. The van der Waals surface area contributed by atoms with E-state index < -0.39 is 0 Å². The van der Waals surface area contributed by atoms with Gasteiger partial charge in [-0.3, -0.25) is 4.98 Å². The first-order valence-corrected chi connectivity index (χ1v) is 8.03. The monoisotopic (exact) mass is 312 g/mol. The van der Waals surface area contributed by atoms with Crippen LogP contribution in [0.1, 0.15) is 18.5 Å². The molecule has 0 bridgehead atoms. The molecule has 6 heteroatoms. The highest BCUT2D eigenvalue weighted by Gasteiger charge is 2.40. The van der Waals surface area contributed by atoms with Crippen molar-refractivity contribution in [3.63, 3.8) is 0 Å². The van der Waals surface area contributed by atoms with Crippen LogP contribution < -0.4 is 4.90 Å². The van der Waals surface area contributed by atoms with Crippen LogP contribution in [-0.2, 0) is 9.47 Å². The Kier molecular flexibility index (Phi) is 3.71. The molecule has 0 unspecified atom stereocenters. The third-order valence-corrected chi connectivity index (χ3v) is 4.44. The maximum absolute atomic E-state index is 5.79. The smallest absolute Gasteiger partial charge is 0.171 e. The van der Waals surface area contributed by atoms with Crippen LogP contribution in [0.4, 0.5) is 5.82 Å². The Morgan fingerprint density at radius 3 is 2.43 bits per heavy atom. The molecule has 0 atom stereocenters. The SMILES string of the molecule is Cc1cc(N2CCC3(CC2)OCCO3)nc(-c2ccncc2)n1. The number of hydrogen-bond acceptors (Lipinski definition) is 6. The van der Waals surface area contributed by atoms with E-state index in [0.717, 1.165) is 48.8 Å². The Labute approximate surface area is 135 Å². The average molecular weight is 312 g/mol. The second-order valence-corrected chi connectivity index (χ2v) is 6.02. The first-order valence-electron chi connectivity index (χ1n) is 8.03. The van der Waals surface area contributed by atoms with Crippen LogP contribution in [0.25, 0.3) is 11.4 Å². The molecule has 0 radical (unpaired) electrons. The highest BCUT2D eigenvalue weighted by atomic mass is 16.7. The third kappa shape index (κ3) is 2.92. The number of ether oxygens (including phenoxy) is 2. The predicted molar refractivity (Wildman–Crippen MR) is 86.1 cm³/mol. The fraction of sp³-hybridized carbons (Fsp3) is 0.471. The zero-order chi connectivity index (χ0) is 15.7. The highest BCUT2D eigenvalue weighted by molar-refractivity contribution is 5.57. The number of aromatic nitrogens is 3. The maximum atomic E-state index is 5.79. The van der Waals surface area contributed by atoms with Crippen molar-refractivity contribution in [1.29, 1.82) is 0 Å². The van der Waals surface area contributed by atoms with Gasteiger partial charge < -0.3 is 14.4 Å². The fourth-order valence-electron chi connectivity index (χ4n) is 3.21. The van der Waals surface area contributed by atoms with Crippen LogP contribution in [0.5, 0.6) is 0 Å². The normalized spacial score (nSPS) is 20.1. The van der Waals surface area contributed by atoms with E-state index >= 15 is 0 Å². The molecular weight excluding hydrogens is 292 g/mol. The lowest BCUT2D eigenvalue weighted by molar-refractivity contribution is -0.169. The van der Waals surface area contributed by atoms with Gasteiger partial charge in [-0.05, 0) is 19.1 Å². The van der Waals surface area contributed by atoms with Gasteiger partial charge in [-0.1, -0.05) is 0 Å². The molecule has 2 fully saturated rings. The van der Waals surface area contributed by atoms with Crippen molar-refractivity contribution in [3.8, 4) is 11.4 Å². The summed E-state index contributed by atoms with van der Waals surface area (Å²) in [6.45, 7) is 5.18. The van der Waals surface area contributed by atoms with E-state index in [1.165, 1.54) is 0 Å². The van der Waals surface area contributed by atoms with E-state index in [9.17, 15) is 0 Å². The Balaban J connectivity index is 1.56. The number of piperidine rings is 1. The van der Waals surface area contributed by atoms with Gasteiger partial charge in [0.15, 0.2) is 11.6 Å². The zero-order valence-electron chi connectivity index (χ0n) is 13.2. The molecule has 0 aromatic carbocycles. The number of aryl methyl sites for hydroxylation is 1. The summed E-state index contributed by atoms with van der Waals surface area (Å²) in [5, 5.41) is 0. The Bertz CT molecular complexity index is 676. The summed E-state index contributed by atoms with van der Waals surface area (Å²) in [5.74, 6) is 1.36. The second-order valence-electron chi connectivity index (χ2n) is 6.02. The third-order valence-electron chi connectivity index (χ3n) is 4.44. The molecule has 2 aromatic rings. The van der Waals surface area contributed by atoms with Gasteiger partial charge in [-0.25, -0.2) is 9.97 Å². The summed E-state index contributed by atoms with van der Waals surface area (Å²) < 4.78 is 11.6. The van der Waals surface area contributed by atoms with Gasteiger partial charge in [0.1, 0.15) is 5.82 Å². The lowest BCUT2D eigenvalue weighted by atomic mass is 10.0. The van der Waals surface area contributed by atoms with Crippen LogP contribution in [0, 0.1) is 6.92 Å². The van der Waals surface area contributed by atoms with Crippen LogP contribution in [0.2, 0.25) is 0 Å². The molecule has 4 rings (SSSR count). The van der Waals surface area contributed by atoms with Crippen molar-refractivity contribution >= 4 is 5.82 Å². The molecule has 6 nitrogen and oxygen atoms in total. The Morgan fingerprint density at radius 2 is 1.74 bits per heavy atom. The average Bonchev–Trinajstić information content (AvgIpc) is 3.04. The number of hydrogen-bond donors (Lipinski definition) is 0. The van der Waals surface area contributed by atoms with Crippen molar-refractivity contribution in [2.24, 2.45) is 0 Å². The molecule has 2 aromatic heterocycles. The minimum Gasteiger partial charge on any atom is -0.356 e. The molecule has 0 aliphatic carbocycles. The van der Waals surface area contributed by atoms with E-state index in [1.54, 1.807) is 12.4 Å². The number of pyridine rings is 1. The molecule has 2 aliphatic heterocycles. The molecule has 2 aliphatic rings. The summed E-state index contributed by atoms with van der Waals surface area (Å²) in [7, 11) is 0. The number of rotatable bonds is 2. The van der Waals surface area contributed by atoms with Crippen molar-refractivity contribution in [1.82, 2.24) is 15.0 Å². The molecule has 4 heterocycles. The van der Waals surface area contributed by atoms with Gasteiger partial charge >= 0.3 is 0 Å². The highest BCUT2D eigenvalue weighted by Crippen LogP contribution is 2.33. The lowest BCUT2D eigenvalue weighted by Gasteiger charge is -2.38. The summed E-state index contributed by atoms with van der Waals surface area (Å²) in [6.07, 6.45) is 5.28. The van der Waals surface area contributed by atoms with Crippen molar-refractivity contribution < 1.29 is 9.47 Å². The quantitative estimate of drug-likeness (QED) is 0.847. The van der Waals surface area contributed by atoms with Gasteiger partial charge in [0.25, 0.3) is 0 Å². The van der Waals surface area contributed by atoms with Gasteiger partial charge in [-0.15, -0.1) is 0 Å². The zero-order valence-corrected chi connectivity index (χ0v) is 13.2. The number of anilines is 1. The van der Waals surface area contributed by atoms with Crippen LogP contribution >= 0.6 is 0 Å². The summed E-state index contributed by atoms with van der Waals surface area (Å²) >= 11 is 0. The van der Waals surface area contributed by atoms with E-state index in [2.05, 4.69) is 14.9 Å². The molecule has 23 heavy (non-hydrogen) atoms. The first-order chi connectivity index (χ1) is 11.2. The molecular formula is C17H20N4O2. The van der Waals surface area contributed by atoms with Crippen LogP contribution in [0.3, 0.4) is 0 Å². The lowest BCUT2D eigenvalue weighted by Crippen LogP contribution is -2.45. The predicted octanol–water partition coefficient (Wildman–Crippen LogP) is 2.19.